The van der Waals surface area contributed by atoms with Gasteiger partial charge < -0.3 is 15.7 Å². The van der Waals surface area contributed by atoms with Crippen molar-refractivity contribution >= 4 is 17.5 Å². The van der Waals surface area contributed by atoms with Crippen molar-refractivity contribution in [1.82, 2.24) is 5.32 Å². The Morgan fingerprint density at radius 3 is 2.32 bits per heavy atom. The molecule has 1 unspecified atom stereocenters. The van der Waals surface area contributed by atoms with Crippen LogP contribution in [0.25, 0.3) is 0 Å². The van der Waals surface area contributed by atoms with E-state index in [4.69, 9.17) is 0 Å². The number of halogens is 3. The molecule has 0 spiro atoms. The summed E-state index contributed by atoms with van der Waals surface area (Å²) in [6.07, 6.45) is -4.54. The lowest BCUT2D eigenvalue weighted by molar-refractivity contribution is -0.137. The van der Waals surface area contributed by atoms with Gasteiger partial charge in [0.25, 0.3) is 5.91 Å². The third-order valence-corrected chi connectivity index (χ3v) is 3.30. The molecule has 0 aliphatic rings. The third kappa shape index (κ3) is 5.05. The van der Waals surface area contributed by atoms with Gasteiger partial charge in [0.1, 0.15) is 6.04 Å². The molecule has 0 saturated heterocycles. The van der Waals surface area contributed by atoms with E-state index in [0.717, 1.165) is 18.2 Å². The van der Waals surface area contributed by atoms with Crippen LogP contribution in [-0.4, -0.2) is 29.6 Å². The molecule has 2 aromatic carbocycles. The molecule has 0 saturated carbocycles. The highest BCUT2D eigenvalue weighted by molar-refractivity contribution is 6.01. The molecule has 0 bridgehead atoms. The predicted octanol–water partition coefficient (Wildman–Crippen LogP) is 2.43. The summed E-state index contributed by atoms with van der Waals surface area (Å²) in [5.41, 5.74) is -0.723. The second-order valence-corrected chi connectivity index (χ2v) is 5.14. The van der Waals surface area contributed by atoms with Crippen molar-refractivity contribution in [2.75, 3.05) is 11.9 Å². The van der Waals surface area contributed by atoms with Crippen molar-refractivity contribution in [1.29, 1.82) is 0 Å². The Bertz CT molecular complexity index is 748. The number of hydrogen-bond donors (Lipinski definition) is 3. The number of aliphatic hydroxyl groups excluding tert-OH is 1. The molecular weight excluding hydrogens is 337 g/mol. The molecule has 0 aliphatic heterocycles. The molecule has 8 heteroatoms. The van der Waals surface area contributed by atoms with Crippen LogP contribution in [0.3, 0.4) is 0 Å². The maximum Gasteiger partial charge on any atom is 0.416 e. The Kier molecular flexibility index (Phi) is 5.76. The summed E-state index contributed by atoms with van der Waals surface area (Å²) in [7, 11) is 0. The quantitative estimate of drug-likeness (QED) is 0.773. The average Bonchev–Trinajstić information content (AvgIpc) is 2.59. The molecule has 2 amide bonds. The predicted molar refractivity (Wildman–Crippen MR) is 84.9 cm³/mol. The van der Waals surface area contributed by atoms with Crippen molar-refractivity contribution in [3.8, 4) is 0 Å². The molecule has 2 aromatic rings. The summed E-state index contributed by atoms with van der Waals surface area (Å²) in [5, 5.41) is 13.9. The molecule has 25 heavy (non-hydrogen) atoms. The highest BCUT2D eigenvalue weighted by Gasteiger charge is 2.30. The number of alkyl halides is 3. The van der Waals surface area contributed by atoms with E-state index in [9.17, 15) is 27.9 Å². The first-order valence-corrected chi connectivity index (χ1v) is 7.26. The lowest BCUT2D eigenvalue weighted by Crippen LogP contribution is -2.46. The van der Waals surface area contributed by atoms with Gasteiger partial charge in [-0.25, -0.2) is 0 Å². The van der Waals surface area contributed by atoms with E-state index in [0.29, 0.717) is 0 Å². The number of hydrogen-bond acceptors (Lipinski definition) is 3. The third-order valence-electron chi connectivity index (χ3n) is 3.30. The summed E-state index contributed by atoms with van der Waals surface area (Å²) in [6, 6.07) is 10.8. The first kappa shape index (κ1) is 18.5. The molecule has 2 rings (SSSR count). The summed E-state index contributed by atoms with van der Waals surface area (Å²) in [4.78, 5) is 24.1. The molecule has 0 aliphatic carbocycles. The Morgan fingerprint density at radius 1 is 1.04 bits per heavy atom. The van der Waals surface area contributed by atoms with Crippen LogP contribution in [0.2, 0.25) is 0 Å². The van der Waals surface area contributed by atoms with E-state index in [2.05, 4.69) is 10.6 Å². The van der Waals surface area contributed by atoms with Gasteiger partial charge in [0.2, 0.25) is 5.91 Å². The number of benzene rings is 2. The SMILES string of the molecule is O=C(NC(CO)C(=O)Nc1cccc(C(F)(F)F)c1)c1ccccc1. The summed E-state index contributed by atoms with van der Waals surface area (Å²) < 4.78 is 38.0. The number of anilines is 1. The first-order chi connectivity index (χ1) is 11.8. The monoisotopic (exact) mass is 352 g/mol. The minimum absolute atomic E-state index is 0.0905. The summed E-state index contributed by atoms with van der Waals surface area (Å²) >= 11 is 0. The standard InChI is InChI=1S/C17H15F3N2O3/c18-17(19,20)12-7-4-8-13(9-12)21-16(25)14(10-23)22-15(24)11-5-2-1-3-6-11/h1-9,14,23H,10H2,(H,21,25)(H,22,24). The first-order valence-electron chi connectivity index (χ1n) is 7.26. The number of amides is 2. The molecule has 1 atom stereocenters. The van der Waals surface area contributed by atoms with E-state index < -0.39 is 36.2 Å². The molecule has 0 heterocycles. The average molecular weight is 352 g/mol. The number of carbonyl (C=O) groups excluding carboxylic acids is 2. The number of aliphatic hydroxyl groups is 1. The fourth-order valence-corrected chi connectivity index (χ4v) is 2.03. The van der Waals surface area contributed by atoms with Gasteiger partial charge in [0.05, 0.1) is 12.2 Å². The van der Waals surface area contributed by atoms with Gasteiger partial charge in [-0.3, -0.25) is 9.59 Å². The number of carbonyl (C=O) groups is 2. The zero-order valence-corrected chi connectivity index (χ0v) is 12.9. The van der Waals surface area contributed by atoms with Crippen LogP contribution in [0.15, 0.2) is 54.6 Å². The summed E-state index contributed by atoms with van der Waals surface area (Å²) in [6.45, 7) is -0.705. The Morgan fingerprint density at radius 2 is 1.72 bits per heavy atom. The lowest BCUT2D eigenvalue weighted by Gasteiger charge is -2.17. The number of nitrogens with one attached hydrogen (secondary N) is 2. The molecular formula is C17H15F3N2O3. The Hall–Kier alpha value is -2.87. The lowest BCUT2D eigenvalue weighted by atomic mass is 10.1. The maximum atomic E-state index is 12.7. The van der Waals surface area contributed by atoms with Crippen LogP contribution < -0.4 is 10.6 Å². The summed E-state index contributed by atoms with van der Waals surface area (Å²) in [5.74, 6) is -1.41. The Balaban J connectivity index is 2.06. The van der Waals surface area contributed by atoms with Crippen LogP contribution in [0.5, 0.6) is 0 Å². The maximum absolute atomic E-state index is 12.7. The minimum Gasteiger partial charge on any atom is -0.394 e. The van der Waals surface area contributed by atoms with Crippen molar-refractivity contribution < 1.29 is 27.9 Å². The zero-order valence-electron chi connectivity index (χ0n) is 12.9. The van der Waals surface area contributed by atoms with E-state index in [-0.39, 0.29) is 11.3 Å². The van der Waals surface area contributed by atoms with E-state index in [1.807, 2.05) is 0 Å². The van der Waals surface area contributed by atoms with Crippen molar-refractivity contribution in [3.05, 3.63) is 65.7 Å². The molecule has 0 fully saturated rings. The van der Waals surface area contributed by atoms with Crippen LogP contribution in [0.1, 0.15) is 15.9 Å². The molecule has 0 radical (unpaired) electrons. The van der Waals surface area contributed by atoms with Gasteiger partial charge in [0, 0.05) is 11.3 Å². The van der Waals surface area contributed by atoms with E-state index in [1.54, 1.807) is 18.2 Å². The number of rotatable bonds is 5. The fourth-order valence-electron chi connectivity index (χ4n) is 2.03. The minimum atomic E-state index is -4.54. The highest BCUT2D eigenvalue weighted by atomic mass is 19.4. The molecule has 5 nitrogen and oxygen atoms in total. The van der Waals surface area contributed by atoms with E-state index >= 15 is 0 Å². The van der Waals surface area contributed by atoms with Gasteiger partial charge in [-0.05, 0) is 30.3 Å². The van der Waals surface area contributed by atoms with Crippen molar-refractivity contribution in [2.45, 2.75) is 12.2 Å². The van der Waals surface area contributed by atoms with Gasteiger partial charge >= 0.3 is 6.18 Å². The molecule has 0 aromatic heterocycles. The van der Waals surface area contributed by atoms with Crippen molar-refractivity contribution in [2.24, 2.45) is 0 Å². The van der Waals surface area contributed by atoms with Crippen LogP contribution >= 0.6 is 0 Å². The van der Waals surface area contributed by atoms with Crippen LogP contribution in [0.4, 0.5) is 18.9 Å². The normalized spacial score (nSPS) is 12.3. The van der Waals surface area contributed by atoms with Crippen LogP contribution in [0, 0.1) is 0 Å². The fraction of sp³-hybridized carbons (Fsp3) is 0.176. The van der Waals surface area contributed by atoms with Crippen molar-refractivity contribution in [3.63, 3.8) is 0 Å². The van der Waals surface area contributed by atoms with Gasteiger partial charge in [-0.1, -0.05) is 24.3 Å². The highest BCUT2D eigenvalue weighted by Crippen LogP contribution is 2.30. The second-order valence-electron chi connectivity index (χ2n) is 5.14. The topological polar surface area (TPSA) is 78.4 Å². The Labute approximate surface area is 141 Å². The molecule has 132 valence electrons. The van der Waals surface area contributed by atoms with Crippen LogP contribution in [-0.2, 0) is 11.0 Å². The smallest absolute Gasteiger partial charge is 0.394 e. The van der Waals surface area contributed by atoms with Gasteiger partial charge in [-0.2, -0.15) is 13.2 Å². The van der Waals surface area contributed by atoms with Gasteiger partial charge in [-0.15, -0.1) is 0 Å². The second kappa shape index (κ2) is 7.80. The van der Waals surface area contributed by atoms with Gasteiger partial charge in [0.15, 0.2) is 0 Å². The molecule has 3 N–H and O–H groups in total. The van der Waals surface area contributed by atoms with E-state index in [1.165, 1.54) is 18.2 Å². The largest absolute Gasteiger partial charge is 0.416 e. The zero-order chi connectivity index (χ0) is 18.4.